The monoisotopic (exact) mass is 425 g/mol. The quantitative estimate of drug-likeness (QED) is 0.597. The van der Waals surface area contributed by atoms with E-state index in [1.165, 1.54) is 0 Å². The van der Waals surface area contributed by atoms with Gasteiger partial charge in [0, 0.05) is 44.5 Å². The molecule has 1 saturated heterocycles. The van der Waals surface area contributed by atoms with E-state index in [9.17, 15) is 9.59 Å². The lowest BCUT2D eigenvalue weighted by Crippen LogP contribution is -2.49. The number of piperazine rings is 1. The number of carbonyl (C=O) groups excluding carboxylic acids is 1. The molecule has 2 aromatic rings. The van der Waals surface area contributed by atoms with Crippen molar-refractivity contribution in [1.82, 2.24) is 20.1 Å². The summed E-state index contributed by atoms with van der Waals surface area (Å²) in [5, 5.41) is 18.1. The van der Waals surface area contributed by atoms with Gasteiger partial charge >= 0.3 is 0 Å². The predicted octanol–water partition coefficient (Wildman–Crippen LogP) is 0.901. The first kappa shape index (κ1) is 22.2. The third kappa shape index (κ3) is 6.02. The fraction of sp³-hybridized carbons (Fsp3) is 0.476. The van der Waals surface area contributed by atoms with Crippen molar-refractivity contribution >= 4 is 17.4 Å². The van der Waals surface area contributed by atoms with E-state index in [-0.39, 0.29) is 17.6 Å². The zero-order valence-corrected chi connectivity index (χ0v) is 17.8. The number of aromatic amines is 1. The van der Waals surface area contributed by atoms with Gasteiger partial charge in [-0.15, -0.1) is 0 Å². The van der Waals surface area contributed by atoms with Crippen molar-refractivity contribution in [3.63, 3.8) is 0 Å². The van der Waals surface area contributed by atoms with Crippen LogP contribution in [0.15, 0.2) is 29.3 Å². The van der Waals surface area contributed by atoms with Gasteiger partial charge in [-0.1, -0.05) is 0 Å². The van der Waals surface area contributed by atoms with E-state index in [1.54, 1.807) is 25.4 Å². The maximum Gasteiger partial charge on any atom is 0.269 e. The molecule has 2 aromatic heterocycles. The number of hydrogen-bond acceptors (Lipinski definition) is 8. The molecule has 3 heterocycles. The second kappa shape index (κ2) is 10.5. The molecule has 31 heavy (non-hydrogen) atoms. The number of anilines is 2. The van der Waals surface area contributed by atoms with Gasteiger partial charge in [0.2, 0.25) is 5.91 Å². The fourth-order valence-electron chi connectivity index (χ4n) is 3.34. The largest absolute Gasteiger partial charge is 0.381 e. The third-order valence-electron chi connectivity index (χ3n) is 5.22. The van der Waals surface area contributed by atoms with Gasteiger partial charge in [0.25, 0.3) is 5.56 Å². The molecule has 10 heteroatoms. The van der Waals surface area contributed by atoms with Crippen LogP contribution in [0.1, 0.15) is 24.5 Å². The molecule has 1 aliphatic heterocycles. The highest BCUT2D eigenvalue weighted by molar-refractivity contribution is 5.77. The van der Waals surface area contributed by atoms with Crippen molar-refractivity contribution in [3.05, 3.63) is 46.0 Å². The van der Waals surface area contributed by atoms with Gasteiger partial charge in [0.05, 0.1) is 36.6 Å². The molecule has 0 unspecified atom stereocenters. The summed E-state index contributed by atoms with van der Waals surface area (Å²) in [7, 11) is 0. The maximum atomic E-state index is 12.6. The molecule has 3 rings (SSSR count). The minimum atomic E-state index is -0.222. The molecular formula is C21H27N7O3. The number of ether oxygens (including phenoxy) is 1. The Bertz CT molecular complexity index is 976. The van der Waals surface area contributed by atoms with Gasteiger partial charge in [0.15, 0.2) is 0 Å². The maximum absolute atomic E-state index is 12.6. The Kier molecular flexibility index (Phi) is 7.56. The molecule has 1 atom stereocenters. The highest BCUT2D eigenvalue weighted by Gasteiger charge is 2.23. The van der Waals surface area contributed by atoms with E-state index >= 15 is 0 Å². The van der Waals surface area contributed by atoms with Crippen LogP contribution in [0.5, 0.6) is 0 Å². The van der Waals surface area contributed by atoms with Crippen LogP contribution < -0.4 is 15.8 Å². The lowest BCUT2D eigenvalue weighted by molar-refractivity contribution is -0.134. The van der Waals surface area contributed by atoms with E-state index in [0.717, 1.165) is 5.82 Å². The molecule has 1 fully saturated rings. The summed E-state index contributed by atoms with van der Waals surface area (Å²) in [4.78, 5) is 32.4. The van der Waals surface area contributed by atoms with Crippen LogP contribution in [-0.4, -0.2) is 71.4 Å². The zero-order chi connectivity index (χ0) is 22.2. The number of nitrogens with one attached hydrogen (secondary N) is 2. The minimum Gasteiger partial charge on any atom is -0.381 e. The molecule has 164 valence electrons. The van der Waals surface area contributed by atoms with Crippen molar-refractivity contribution in [3.8, 4) is 6.07 Å². The number of H-pyrrole nitrogens is 1. The van der Waals surface area contributed by atoms with Gasteiger partial charge in [-0.3, -0.25) is 9.59 Å². The van der Waals surface area contributed by atoms with Crippen molar-refractivity contribution in [1.29, 1.82) is 5.26 Å². The molecule has 0 spiro atoms. The molecule has 1 amide bonds. The Labute approximate surface area is 180 Å². The van der Waals surface area contributed by atoms with Crippen LogP contribution in [0.25, 0.3) is 0 Å². The van der Waals surface area contributed by atoms with Crippen LogP contribution in [0.3, 0.4) is 0 Å². The Balaban J connectivity index is 1.36. The first-order chi connectivity index (χ1) is 15.0. The van der Waals surface area contributed by atoms with Gasteiger partial charge < -0.3 is 19.9 Å². The molecule has 0 aliphatic carbocycles. The molecule has 2 N–H and O–H groups in total. The number of rotatable bonds is 8. The number of pyridine rings is 1. The first-order valence-corrected chi connectivity index (χ1v) is 10.3. The Morgan fingerprint density at radius 1 is 1.32 bits per heavy atom. The number of amides is 1. The molecule has 0 saturated carbocycles. The molecule has 0 aromatic carbocycles. The van der Waals surface area contributed by atoms with E-state index in [0.29, 0.717) is 62.6 Å². The summed E-state index contributed by atoms with van der Waals surface area (Å²) in [5.74, 6) is 0.892. The van der Waals surface area contributed by atoms with Crippen LogP contribution in [0, 0.1) is 18.3 Å². The van der Waals surface area contributed by atoms with Crippen LogP contribution >= 0.6 is 0 Å². The number of carbonyl (C=O) groups is 1. The van der Waals surface area contributed by atoms with Crippen LogP contribution in [0.4, 0.5) is 11.5 Å². The normalized spacial score (nSPS) is 14.7. The summed E-state index contributed by atoms with van der Waals surface area (Å²) in [5.41, 5.74) is 1.56. The van der Waals surface area contributed by atoms with Gasteiger partial charge in [0.1, 0.15) is 11.9 Å². The standard InChI is InChI=1S/C21H27N7O3/c1-15(31-10-5-23-18-14-25-26-21(30)16(18)2)11-20(29)28-8-6-27(7-9-28)19-4-3-17(12-22)13-24-19/h3-4,13-15H,5-11H2,1-2H3,(H2,23,26,30)/t15-/m0/s1. The third-order valence-corrected chi connectivity index (χ3v) is 5.22. The van der Waals surface area contributed by atoms with Crippen molar-refractivity contribution < 1.29 is 9.53 Å². The van der Waals surface area contributed by atoms with Crippen LogP contribution in [-0.2, 0) is 9.53 Å². The fourth-order valence-corrected chi connectivity index (χ4v) is 3.34. The highest BCUT2D eigenvalue weighted by Crippen LogP contribution is 2.15. The molecule has 0 bridgehead atoms. The topological polar surface area (TPSA) is 127 Å². The smallest absolute Gasteiger partial charge is 0.269 e. The highest BCUT2D eigenvalue weighted by atomic mass is 16.5. The lowest BCUT2D eigenvalue weighted by atomic mass is 10.2. The summed E-state index contributed by atoms with van der Waals surface area (Å²) in [6, 6.07) is 5.65. The Morgan fingerprint density at radius 3 is 2.77 bits per heavy atom. The average molecular weight is 425 g/mol. The van der Waals surface area contributed by atoms with Gasteiger partial charge in [-0.25, -0.2) is 10.1 Å². The van der Waals surface area contributed by atoms with Crippen LogP contribution in [0.2, 0.25) is 0 Å². The lowest BCUT2D eigenvalue weighted by Gasteiger charge is -2.35. The average Bonchev–Trinajstić information content (AvgIpc) is 2.79. The number of nitrogens with zero attached hydrogens (tertiary/aromatic N) is 5. The van der Waals surface area contributed by atoms with E-state index < -0.39 is 0 Å². The Morgan fingerprint density at radius 2 is 2.10 bits per heavy atom. The summed E-state index contributed by atoms with van der Waals surface area (Å²) in [6.07, 6.45) is 3.25. The predicted molar refractivity (Wildman–Crippen MR) is 116 cm³/mol. The van der Waals surface area contributed by atoms with E-state index in [1.807, 2.05) is 17.9 Å². The van der Waals surface area contributed by atoms with Gasteiger partial charge in [-0.2, -0.15) is 10.4 Å². The van der Waals surface area contributed by atoms with Gasteiger partial charge in [-0.05, 0) is 26.0 Å². The number of nitriles is 1. The molecular weight excluding hydrogens is 398 g/mol. The second-order valence-corrected chi connectivity index (χ2v) is 7.43. The number of aromatic nitrogens is 3. The minimum absolute atomic E-state index is 0.0718. The van der Waals surface area contributed by atoms with Crippen molar-refractivity contribution in [2.45, 2.75) is 26.4 Å². The van der Waals surface area contributed by atoms with E-state index in [4.69, 9.17) is 10.00 Å². The number of hydrogen-bond donors (Lipinski definition) is 2. The summed E-state index contributed by atoms with van der Waals surface area (Å²) in [6.45, 7) is 7.20. The SMILES string of the molecule is Cc1c(NCCO[C@@H](C)CC(=O)N2CCN(c3ccc(C#N)cn3)CC2)cn[nH]c1=O. The molecule has 10 nitrogen and oxygen atoms in total. The Hall–Kier alpha value is -3.45. The summed E-state index contributed by atoms with van der Waals surface area (Å²) < 4.78 is 5.74. The molecule has 0 radical (unpaired) electrons. The zero-order valence-electron chi connectivity index (χ0n) is 17.8. The second-order valence-electron chi connectivity index (χ2n) is 7.43. The molecule has 1 aliphatic rings. The van der Waals surface area contributed by atoms with Crippen molar-refractivity contribution in [2.24, 2.45) is 0 Å². The first-order valence-electron chi connectivity index (χ1n) is 10.3. The van der Waals surface area contributed by atoms with Crippen molar-refractivity contribution in [2.75, 3.05) is 49.5 Å². The summed E-state index contributed by atoms with van der Waals surface area (Å²) >= 11 is 0. The van der Waals surface area contributed by atoms with E-state index in [2.05, 4.69) is 31.5 Å².